The first-order valence-corrected chi connectivity index (χ1v) is 6.65. The largest absolute Gasteiger partial charge is 0.497 e. The van der Waals surface area contributed by atoms with Crippen LogP contribution in [0.1, 0.15) is 29.9 Å². The average Bonchev–Trinajstić information content (AvgIpc) is 2.49. The molecule has 2 nitrogen and oxygen atoms in total. The van der Waals surface area contributed by atoms with Crippen LogP contribution in [0, 0.1) is 0 Å². The van der Waals surface area contributed by atoms with Crippen molar-refractivity contribution in [2.75, 3.05) is 13.7 Å². The first-order valence-electron chi connectivity index (χ1n) is 6.65. The van der Waals surface area contributed by atoms with E-state index in [0.717, 1.165) is 5.75 Å². The van der Waals surface area contributed by atoms with Crippen molar-refractivity contribution in [1.29, 1.82) is 0 Å². The van der Waals surface area contributed by atoms with E-state index in [9.17, 15) is 0 Å². The van der Waals surface area contributed by atoms with E-state index in [1.807, 2.05) is 18.2 Å². The Bertz CT molecular complexity index is 492. The molecule has 2 heteroatoms. The topological polar surface area (TPSA) is 35.2 Å². The maximum atomic E-state index is 5.98. The van der Waals surface area contributed by atoms with Gasteiger partial charge in [0.2, 0.25) is 0 Å². The molecule has 0 spiro atoms. The molecule has 0 amide bonds. The molecule has 2 rings (SSSR count). The summed E-state index contributed by atoms with van der Waals surface area (Å²) < 4.78 is 5.20. The Balaban J connectivity index is 2.23. The minimum atomic E-state index is 0.327. The highest BCUT2D eigenvalue weighted by molar-refractivity contribution is 5.33. The second-order valence-electron chi connectivity index (χ2n) is 4.81. The normalized spacial score (nSPS) is 13.8. The van der Waals surface area contributed by atoms with Crippen LogP contribution >= 0.6 is 0 Å². The predicted octanol–water partition coefficient (Wildman–Crippen LogP) is 3.54. The smallest absolute Gasteiger partial charge is 0.118 e. The Hall–Kier alpha value is -1.80. The average molecular weight is 255 g/mol. The van der Waals surface area contributed by atoms with E-state index in [4.69, 9.17) is 10.5 Å². The Morgan fingerprint density at radius 1 is 0.947 bits per heavy atom. The van der Waals surface area contributed by atoms with Crippen LogP contribution in [0.25, 0.3) is 0 Å². The first-order chi connectivity index (χ1) is 9.26. The molecule has 0 fully saturated rings. The minimum absolute atomic E-state index is 0.327. The minimum Gasteiger partial charge on any atom is -0.497 e. The van der Waals surface area contributed by atoms with Gasteiger partial charge >= 0.3 is 0 Å². The van der Waals surface area contributed by atoms with Crippen molar-refractivity contribution in [2.45, 2.75) is 18.8 Å². The highest BCUT2D eigenvalue weighted by atomic mass is 16.5. The van der Waals surface area contributed by atoms with Gasteiger partial charge in [0, 0.05) is 5.92 Å². The zero-order valence-corrected chi connectivity index (χ0v) is 11.5. The second kappa shape index (κ2) is 6.39. The Morgan fingerprint density at radius 3 is 2.11 bits per heavy atom. The fraction of sp³-hybridized carbons (Fsp3) is 0.294. The summed E-state index contributed by atoms with van der Waals surface area (Å²) in [4.78, 5) is 0. The lowest BCUT2D eigenvalue weighted by atomic mass is 9.83. The zero-order valence-electron chi connectivity index (χ0n) is 11.5. The lowest BCUT2D eigenvalue weighted by Gasteiger charge is -2.23. The lowest BCUT2D eigenvalue weighted by molar-refractivity contribution is 0.414. The monoisotopic (exact) mass is 255 g/mol. The number of hydrogen-bond acceptors (Lipinski definition) is 2. The third-order valence-electron chi connectivity index (χ3n) is 3.73. The molecule has 0 radical (unpaired) electrons. The van der Waals surface area contributed by atoms with E-state index in [2.05, 4.69) is 43.3 Å². The molecule has 2 unspecified atom stereocenters. The first kappa shape index (κ1) is 13.6. The van der Waals surface area contributed by atoms with Crippen molar-refractivity contribution in [3.8, 4) is 5.75 Å². The Labute approximate surface area is 115 Å². The van der Waals surface area contributed by atoms with E-state index >= 15 is 0 Å². The summed E-state index contributed by atoms with van der Waals surface area (Å²) in [6.07, 6.45) is 0. The predicted molar refractivity (Wildman–Crippen MR) is 79.6 cm³/mol. The van der Waals surface area contributed by atoms with Gasteiger partial charge in [-0.15, -0.1) is 0 Å². The van der Waals surface area contributed by atoms with Gasteiger partial charge in [0.1, 0.15) is 5.75 Å². The number of hydrogen-bond donors (Lipinski definition) is 1. The van der Waals surface area contributed by atoms with Crippen molar-refractivity contribution in [3.63, 3.8) is 0 Å². The standard InChI is InChI=1S/C17H21NO/c1-13(14-6-4-3-5-7-14)17(12-18)15-8-10-16(19-2)11-9-15/h3-11,13,17H,12,18H2,1-2H3. The summed E-state index contributed by atoms with van der Waals surface area (Å²) in [6, 6.07) is 18.7. The fourth-order valence-corrected chi connectivity index (χ4v) is 2.47. The SMILES string of the molecule is COc1ccc(C(CN)C(C)c2ccccc2)cc1. The summed E-state index contributed by atoms with van der Waals surface area (Å²) in [6.45, 7) is 2.87. The molecular formula is C17H21NO. The molecule has 0 aliphatic heterocycles. The van der Waals surface area contributed by atoms with Gasteiger partial charge in [-0.05, 0) is 35.7 Å². The molecule has 2 aromatic rings. The van der Waals surface area contributed by atoms with Crippen LogP contribution < -0.4 is 10.5 Å². The van der Waals surface area contributed by atoms with Crippen molar-refractivity contribution >= 4 is 0 Å². The highest BCUT2D eigenvalue weighted by Gasteiger charge is 2.19. The molecule has 2 N–H and O–H groups in total. The van der Waals surface area contributed by atoms with E-state index in [1.54, 1.807) is 7.11 Å². The summed E-state index contributed by atoms with van der Waals surface area (Å²) in [7, 11) is 1.68. The van der Waals surface area contributed by atoms with Crippen LogP contribution in [0.4, 0.5) is 0 Å². The van der Waals surface area contributed by atoms with Gasteiger partial charge < -0.3 is 10.5 Å². The van der Waals surface area contributed by atoms with E-state index in [-0.39, 0.29) is 0 Å². The number of rotatable bonds is 5. The summed E-state index contributed by atoms with van der Waals surface area (Å²) in [5, 5.41) is 0. The zero-order chi connectivity index (χ0) is 13.7. The van der Waals surface area contributed by atoms with Crippen molar-refractivity contribution < 1.29 is 4.74 Å². The quantitative estimate of drug-likeness (QED) is 0.887. The molecule has 2 atom stereocenters. The number of ether oxygens (including phenoxy) is 1. The summed E-state index contributed by atoms with van der Waals surface area (Å²) in [5.41, 5.74) is 8.57. The van der Waals surface area contributed by atoms with E-state index in [1.165, 1.54) is 11.1 Å². The molecule has 0 bridgehead atoms. The summed E-state index contributed by atoms with van der Waals surface area (Å²) in [5.74, 6) is 1.61. The lowest BCUT2D eigenvalue weighted by Crippen LogP contribution is -2.18. The number of methoxy groups -OCH3 is 1. The fourth-order valence-electron chi connectivity index (χ4n) is 2.47. The molecule has 0 aliphatic carbocycles. The second-order valence-corrected chi connectivity index (χ2v) is 4.81. The molecule has 0 heterocycles. The Kier molecular flexibility index (Phi) is 4.58. The van der Waals surface area contributed by atoms with Gasteiger partial charge in [0.25, 0.3) is 0 Å². The van der Waals surface area contributed by atoms with Gasteiger partial charge in [-0.25, -0.2) is 0 Å². The molecule has 0 saturated heterocycles. The molecule has 0 aliphatic rings. The van der Waals surface area contributed by atoms with Crippen molar-refractivity contribution in [3.05, 3.63) is 65.7 Å². The molecular weight excluding hydrogens is 234 g/mol. The third-order valence-corrected chi connectivity index (χ3v) is 3.73. The molecule has 0 saturated carbocycles. The maximum Gasteiger partial charge on any atom is 0.118 e. The molecule has 0 aromatic heterocycles. The molecule has 19 heavy (non-hydrogen) atoms. The molecule has 2 aromatic carbocycles. The van der Waals surface area contributed by atoms with Gasteiger partial charge in [-0.1, -0.05) is 49.4 Å². The van der Waals surface area contributed by atoms with Crippen molar-refractivity contribution in [2.24, 2.45) is 5.73 Å². The van der Waals surface area contributed by atoms with Crippen LogP contribution in [-0.4, -0.2) is 13.7 Å². The maximum absolute atomic E-state index is 5.98. The highest BCUT2D eigenvalue weighted by Crippen LogP contribution is 2.32. The van der Waals surface area contributed by atoms with E-state index < -0.39 is 0 Å². The van der Waals surface area contributed by atoms with Gasteiger partial charge in [-0.3, -0.25) is 0 Å². The van der Waals surface area contributed by atoms with Crippen molar-refractivity contribution in [1.82, 2.24) is 0 Å². The van der Waals surface area contributed by atoms with E-state index in [0.29, 0.717) is 18.4 Å². The number of benzene rings is 2. The van der Waals surface area contributed by atoms with Crippen LogP contribution in [0.3, 0.4) is 0 Å². The summed E-state index contributed by atoms with van der Waals surface area (Å²) >= 11 is 0. The van der Waals surface area contributed by atoms with Gasteiger partial charge in [0.15, 0.2) is 0 Å². The third kappa shape index (κ3) is 3.15. The Morgan fingerprint density at radius 2 is 1.58 bits per heavy atom. The van der Waals surface area contributed by atoms with Crippen LogP contribution in [0.2, 0.25) is 0 Å². The van der Waals surface area contributed by atoms with Gasteiger partial charge in [0.05, 0.1) is 7.11 Å². The molecule has 100 valence electrons. The van der Waals surface area contributed by atoms with Gasteiger partial charge in [-0.2, -0.15) is 0 Å². The van der Waals surface area contributed by atoms with Crippen LogP contribution in [0.15, 0.2) is 54.6 Å². The number of nitrogens with two attached hydrogens (primary N) is 1. The van der Waals surface area contributed by atoms with Crippen LogP contribution in [-0.2, 0) is 0 Å². The van der Waals surface area contributed by atoms with Crippen LogP contribution in [0.5, 0.6) is 5.75 Å².